The van der Waals surface area contributed by atoms with Crippen LogP contribution in [-0.2, 0) is 4.74 Å². The molecule has 0 radical (unpaired) electrons. The molecule has 1 aromatic rings. The second kappa shape index (κ2) is 8.63. The maximum atomic E-state index is 12.9. The maximum absolute atomic E-state index is 12.9. The van der Waals surface area contributed by atoms with Crippen LogP contribution in [0.1, 0.15) is 30.6 Å². The Morgan fingerprint density at radius 1 is 1.36 bits per heavy atom. The molecule has 6 nitrogen and oxygen atoms in total. The van der Waals surface area contributed by atoms with Crippen molar-refractivity contribution < 1.29 is 14.3 Å². The van der Waals surface area contributed by atoms with Gasteiger partial charge in [-0.15, -0.1) is 0 Å². The first kappa shape index (κ1) is 18.1. The number of piperazine rings is 1. The number of rotatable bonds is 6. The Hall–Kier alpha value is -1.66. The van der Waals surface area contributed by atoms with Crippen LogP contribution in [0.2, 0.25) is 0 Å². The summed E-state index contributed by atoms with van der Waals surface area (Å²) in [6, 6.07) is 3.61. The molecule has 0 aromatic carbocycles. The zero-order valence-electron chi connectivity index (χ0n) is 15.3. The Morgan fingerprint density at radius 2 is 2.16 bits per heavy atom. The first-order valence-electron chi connectivity index (χ1n) is 9.30. The van der Waals surface area contributed by atoms with Crippen LogP contribution in [0.15, 0.2) is 18.3 Å². The molecule has 0 aliphatic carbocycles. The minimum atomic E-state index is 0.0238. The van der Waals surface area contributed by atoms with Crippen molar-refractivity contribution in [2.75, 3.05) is 52.5 Å². The molecule has 1 amide bonds. The summed E-state index contributed by atoms with van der Waals surface area (Å²) >= 11 is 0. The molecular formula is C19H29N3O3. The molecule has 0 N–H and O–H groups in total. The van der Waals surface area contributed by atoms with E-state index in [1.807, 2.05) is 11.0 Å². The highest BCUT2D eigenvalue weighted by atomic mass is 16.5. The predicted octanol–water partition coefficient (Wildman–Crippen LogP) is 1.91. The summed E-state index contributed by atoms with van der Waals surface area (Å²) < 4.78 is 11.2. The highest BCUT2D eigenvalue weighted by molar-refractivity contribution is 5.96. The maximum Gasteiger partial charge on any atom is 0.259 e. The Bertz CT molecular complexity index is 565. The van der Waals surface area contributed by atoms with Gasteiger partial charge in [0.1, 0.15) is 5.56 Å². The summed E-state index contributed by atoms with van der Waals surface area (Å²) in [4.78, 5) is 21.5. The fourth-order valence-corrected chi connectivity index (χ4v) is 3.31. The van der Waals surface area contributed by atoms with Crippen molar-refractivity contribution in [3.8, 4) is 5.88 Å². The lowest BCUT2D eigenvalue weighted by molar-refractivity contribution is 0.0605. The van der Waals surface area contributed by atoms with Crippen molar-refractivity contribution in [3.05, 3.63) is 23.9 Å². The van der Waals surface area contributed by atoms with Gasteiger partial charge in [-0.3, -0.25) is 9.69 Å². The summed E-state index contributed by atoms with van der Waals surface area (Å²) in [6.07, 6.45) is 2.83. The van der Waals surface area contributed by atoms with Crippen LogP contribution >= 0.6 is 0 Å². The van der Waals surface area contributed by atoms with E-state index in [4.69, 9.17) is 9.47 Å². The molecule has 2 aliphatic heterocycles. The van der Waals surface area contributed by atoms with Gasteiger partial charge in [-0.25, -0.2) is 4.98 Å². The van der Waals surface area contributed by atoms with Crippen LogP contribution in [0.3, 0.4) is 0 Å². The number of carbonyl (C=O) groups is 1. The lowest BCUT2D eigenvalue weighted by Gasteiger charge is -2.35. The van der Waals surface area contributed by atoms with Crippen LogP contribution in [0.4, 0.5) is 0 Å². The molecule has 0 saturated carbocycles. The third-order valence-electron chi connectivity index (χ3n) is 4.75. The Morgan fingerprint density at radius 3 is 2.84 bits per heavy atom. The highest BCUT2D eigenvalue weighted by Crippen LogP contribution is 2.20. The molecule has 3 heterocycles. The fraction of sp³-hybridized carbons (Fsp3) is 0.684. The van der Waals surface area contributed by atoms with Crippen LogP contribution in [0, 0.1) is 11.8 Å². The number of hydrogen-bond donors (Lipinski definition) is 0. The minimum absolute atomic E-state index is 0.0238. The third-order valence-corrected chi connectivity index (χ3v) is 4.75. The lowest BCUT2D eigenvalue weighted by Crippen LogP contribution is -2.49. The zero-order valence-corrected chi connectivity index (χ0v) is 15.3. The van der Waals surface area contributed by atoms with Crippen LogP contribution in [-0.4, -0.2) is 73.2 Å². The average Bonchev–Trinajstić information content (AvgIpc) is 3.13. The number of nitrogens with zero attached hydrogens (tertiary/aromatic N) is 3. The molecule has 25 heavy (non-hydrogen) atoms. The van der Waals surface area contributed by atoms with Crippen LogP contribution < -0.4 is 4.74 Å². The van der Waals surface area contributed by atoms with Crippen molar-refractivity contribution in [2.24, 2.45) is 11.8 Å². The summed E-state index contributed by atoms with van der Waals surface area (Å²) in [6.45, 7) is 10.9. The van der Waals surface area contributed by atoms with Gasteiger partial charge in [-0.05, 0) is 30.4 Å². The minimum Gasteiger partial charge on any atom is -0.477 e. The van der Waals surface area contributed by atoms with E-state index in [0.717, 1.165) is 52.4 Å². The fourth-order valence-electron chi connectivity index (χ4n) is 3.31. The molecule has 2 saturated heterocycles. The third kappa shape index (κ3) is 4.92. The van der Waals surface area contributed by atoms with Crippen molar-refractivity contribution in [3.63, 3.8) is 0 Å². The number of carbonyl (C=O) groups excluding carboxylic acids is 1. The monoisotopic (exact) mass is 347 g/mol. The van der Waals surface area contributed by atoms with Gasteiger partial charge in [0.2, 0.25) is 5.88 Å². The van der Waals surface area contributed by atoms with E-state index in [-0.39, 0.29) is 5.91 Å². The number of hydrogen-bond acceptors (Lipinski definition) is 5. The molecular weight excluding hydrogens is 318 g/mol. The van der Waals surface area contributed by atoms with E-state index < -0.39 is 0 Å². The molecule has 2 fully saturated rings. The van der Waals surface area contributed by atoms with E-state index in [2.05, 4.69) is 23.7 Å². The quantitative estimate of drug-likeness (QED) is 0.787. The molecule has 1 unspecified atom stereocenters. The van der Waals surface area contributed by atoms with Crippen LogP contribution in [0.25, 0.3) is 0 Å². The van der Waals surface area contributed by atoms with E-state index in [0.29, 0.717) is 29.9 Å². The SMILES string of the molecule is CC(C)COc1ncccc1C(=O)N1CCN(CC2CCOC2)CC1. The van der Waals surface area contributed by atoms with Crippen molar-refractivity contribution in [1.82, 2.24) is 14.8 Å². The van der Waals surface area contributed by atoms with Gasteiger partial charge in [0.15, 0.2) is 0 Å². The van der Waals surface area contributed by atoms with Crippen LogP contribution in [0.5, 0.6) is 5.88 Å². The normalized spacial score (nSPS) is 21.7. The first-order chi connectivity index (χ1) is 12.1. The first-order valence-corrected chi connectivity index (χ1v) is 9.30. The van der Waals surface area contributed by atoms with Gasteiger partial charge in [0, 0.05) is 45.5 Å². The predicted molar refractivity (Wildman–Crippen MR) is 95.8 cm³/mol. The Labute approximate surface area is 150 Å². The molecule has 0 bridgehead atoms. The number of pyridine rings is 1. The summed E-state index contributed by atoms with van der Waals surface area (Å²) in [5.41, 5.74) is 0.570. The molecule has 138 valence electrons. The summed E-state index contributed by atoms with van der Waals surface area (Å²) in [7, 11) is 0. The van der Waals surface area contributed by atoms with Crippen molar-refractivity contribution >= 4 is 5.91 Å². The second-order valence-electron chi connectivity index (χ2n) is 7.38. The standard InChI is InChI=1S/C19H29N3O3/c1-15(2)13-25-18-17(4-3-6-20-18)19(23)22-9-7-21(8-10-22)12-16-5-11-24-14-16/h3-4,6,15-16H,5,7-14H2,1-2H3. The molecule has 1 aromatic heterocycles. The molecule has 0 spiro atoms. The number of aromatic nitrogens is 1. The van der Waals surface area contributed by atoms with Gasteiger partial charge < -0.3 is 14.4 Å². The summed E-state index contributed by atoms with van der Waals surface area (Å²) in [5, 5.41) is 0. The van der Waals surface area contributed by atoms with Gasteiger partial charge in [0.05, 0.1) is 13.2 Å². The van der Waals surface area contributed by atoms with E-state index in [1.165, 1.54) is 0 Å². The Kier molecular flexibility index (Phi) is 6.26. The van der Waals surface area contributed by atoms with Gasteiger partial charge in [-0.2, -0.15) is 0 Å². The Balaban J connectivity index is 1.55. The molecule has 3 rings (SSSR count). The average molecular weight is 347 g/mol. The van der Waals surface area contributed by atoms with E-state index in [1.54, 1.807) is 12.3 Å². The zero-order chi connectivity index (χ0) is 17.6. The molecule has 2 aliphatic rings. The van der Waals surface area contributed by atoms with Gasteiger partial charge >= 0.3 is 0 Å². The topological polar surface area (TPSA) is 54.9 Å². The smallest absolute Gasteiger partial charge is 0.259 e. The van der Waals surface area contributed by atoms with Gasteiger partial charge in [0.25, 0.3) is 5.91 Å². The lowest BCUT2D eigenvalue weighted by atomic mass is 10.1. The number of ether oxygens (including phenoxy) is 2. The summed E-state index contributed by atoms with van der Waals surface area (Å²) in [5.74, 6) is 1.52. The number of amides is 1. The second-order valence-corrected chi connectivity index (χ2v) is 7.38. The largest absolute Gasteiger partial charge is 0.477 e. The highest BCUT2D eigenvalue weighted by Gasteiger charge is 2.27. The molecule has 1 atom stereocenters. The van der Waals surface area contributed by atoms with Crippen molar-refractivity contribution in [1.29, 1.82) is 0 Å². The van der Waals surface area contributed by atoms with E-state index in [9.17, 15) is 4.79 Å². The molecule has 6 heteroatoms. The van der Waals surface area contributed by atoms with E-state index >= 15 is 0 Å². The van der Waals surface area contributed by atoms with Crippen molar-refractivity contribution in [2.45, 2.75) is 20.3 Å². The van der Waals surface area contributed by atoms with Gasteiger partial charge in [-0.1, -0.05) is 13.8 Å².